The van der Waals surface area contributed by atoms with E-state index in [9.17, 15) is 24.9 Å². The van der Waals surface area contributed by atoms with Crippen molar-refractivity contribution in [1.82, 2.24) is 19.5 Å². The van der Waals surface area contributed by atoms with Crippen LogP contribution in [0.4, 0.5) is 5.95 Å². The Balaban J connectivity index is 1.57. The molecule has 1 aliphatic heterocycles. The third-order valence-electron chi connectivity index (χ3n) is 5.23. The predicted octanol–water partition coefficient (Wildman–Crippen LogP) is -0.864. The highest BCUT2D eigenvalue weighted by Crippen LogP contribution is 2.30. The molecule has 1 unspecified atom stereocenters. The molecule has 0 radical (unpaired) electrons. The number of hydrogen-bond acceptors (Lipinski definition) is 9. The Morgan fingerprint density at radius 2 is 1.94 bits per heavy atom. The van der Waals surface area contributed by atoms with Crippen LogP contribution in [0.15, 0.2) is 46.2 Å². The lowest BCUT2D eigenvalue weighted by Gasteiger charge is -2.16. The van der Waals surface area contributed by atoms with Crippen LogP contribution < -0.4 is 16.4 Å². The Bertz CT molecular complexity index is 1160. The summed E-state index contributed by atoms with van der Waals surface area (Å²) in [4.78, 5) is 35.7. The first-order valence-corrected chi connectivity index (χ1v) is 9.91. The molecule has 1 aliphatic rings. The van der Waals surface area contributed by atoms with Crippen molar-refractivity contribution in [2.45, 2.75) is 37.4 Å². The molecule has 1 aromatic carbocycles. The number of ether oxygens (including phenoxy) is 1. The number of anilines is 1. The number of aromatic nitrogens is 4. The molecule has 164 valence electrons. The van der Waals surface area contributed by atoms with Gasteiger partial charge in [0.05, 0.1) is 12.9 Å². The highest BCUT2D eigenvalue weighted by atomic mass is 16.6. The molecular weight excluding hydrogens is 406 g/mol. The van der Waals surface area contributed by atoms with Crippen molar-refractivity contribution in [3.8, 4) is 0 Å². The Morgan fingerprint density at radius 1 is 1.16 bits per heavy atom. The van der Waals surface area contributed by atoms with Gasteiger partial charge in [-0.05, 0) is 18.4 Å². The number of aromatic amines is 1. The zero-order valence-corrected chi connectivity index (χ0v) is 16.5. The molecule has 3 aromatic rings. The van der Waals surface area contributed by atoms with E-state index < -0.39 is 42.3 Å². The molecule has 2 aromatic heterocycles. The van der Waals surface area contributed by atoms with Crippen LogP contribution in [0.3, 0.4) is 0 Å². The van der Waals surface area contributed by atoms with Gasteiger partial charge in [-0.15, -0.1) is 0 Å². The number of hydrogen-bond donors (Lipinski definition) is 5. The van der Waals surface area contributed by atoms with Crippen molar-refractivity contribution in [2.24, 2.45) is 0 Å². The van der Waals surface area contributed by atoms with Gasteiger partial charge >= 0.3 is 5.56 Å². The molecule has 0 saturated carbocycles. The molecule has 0 aliphatic carbocycles. The van der Waals surface area contributed by atoms with E-state index in [1.807, 2.05) is 30.3 Å². The van der Waals surface area contributed by atoms with Crippen LogP contribution in [-0.4, -0.2) is 66.3 Å². The largest absolute Gasteiger partial charge is 0.394 e. The Labute approximate surface area is 176 Å². The number of imidazole rings is 1. The van der Waals surface area contributed by atoms with E-state index in [1.54, 1.807) is 0 Å². The number of rotatable bonds is 7. The van der Waals surface area contributed by atoms with Crippen LogP contribution in [0.2, 0.25) is 0 Å². The lowest BCUT2D eigenvalue weighted by Crippen LogP contribution is -2.33. The van der Waals surface area contributed by atoms with Crippen LogP contribution >= 0.6 is 0 Å². The SMILES string of the molecule is O=c1nc(NCCCc2ccccc2)[nH]c(=O)c2c1ncn2C1O[C@H](CO)[C@@H](O)[C@H]1O. The van der Waals surface area contributed by atoms with Crippen molar-refractivity contribution < 1.29 is 20.1 Å². The van der Waals surface area contributed by atoms with Crippen LogP contribution in [-0.2, 0) is 11.2 Å². The minimum atomic E-state index is -1.42. The van der Waals surface area contributed by atoms with E-state index in [2.05, 4.69) is 20.3 Å². The lowest BCUT2D eigenvalue weighted by atomic mass is 10.1. The molecule has 31 heavy (non-hydrogen) atoms. The van der Waals surface area contributed by atoms with Crippen LogP contribution in [0.5, 0.6) is 0 Å². The molecule has 4 rings (SSSR count). The molecule has 0 bridgehead atoms. The van der Waals surface area contributed by atoms with E-state index in [0.29, 0.717) is 6.54 Å². The van der Waals surface area contributed by atoms with E-state index in [0.717, 1.165) is 19.2 Å². The third kappa shape index (κ3) is 4.21. The molecule has 11 heteroatoms. The first kappa shape index (κ1) is 21.1. The summed E-state index contributed by atoms with van der Waals surface area (Å²) in [5.41, 5.74) is -0.563. The van der Waals surface area contributed by atoms with Crippen molar-refractivity contribution in [1.29, 1.82) is 0 Å². The van der Waals surface area contributed by atoms with Crippen LogP contribution in [0.1, 0.15) is 18.2 Å². The number of fused-ring (bicyclic) bond motifs is 1. The molecule has 0 spiro atoms. The normalized spacial score (nSPS) is 23.3. The number of nitrogens with zero attached hydrogens (tertiary/aromatic N) is 3. The number of aliphatic hydroxyl groups excluding tert-OH is 3. The topological polar surface area (TPSA) is 163 Å². The molecule has 11 nitrogen and oxygen atoms in total. The summed E-state index contributed by atoms with van der Waals surface area (Å²) in [6.45, 7) is -0.0370. The van der Waals surface area contributed by atoms with E-state index in [4.69, 9.17) is 4.74 Å². The second-order valence-electron chi connectivity index (χ2n) is 7.31. The van der Waals surface area contributed by atoms with Gasteiger partial charge < -0.3 is 25.4 Å². The van der Waals surface area contributed by atoms with Gasteiger partial charge in [0, 0.05) is 6.54 Å². The van der Waals surface area contributed by atoms with Gasteiger partial charge in [0.25, 0.3) is 5.56 Å². The Hall–Kier alpha value is -3.12. The molecule has 3 heterocycles. The van der Waals surface area contributed by atoms with Crippen molar-refractivity contribution in [2.75, 3.05) is 18.5 Å². The van der Waals surface area contributed by atoms with Crippen molar-refractivity contribution in [3.63, 3.8) is 0 Å². The lowest BCUT2D eigenvalue weighted by molar-refractivity contribution is -0.0509. The van der Waals surface area contributed by atoms with Gasteiger partial charge in [-0.2, -0.15) is 4.98 Å². The average Bonchev–Trinajstić information content (AvgIpc) is 3.30. The van der Waals surface area contributed by atoms with Crippen LogP contribution in [0.25, 0.3) is 11.0 Å². The quantitative estimate of drug-likeness (QED) is 0.301. The second-order valence-corrected chi connectivity index (χ2v) is 7.31. The zero-order chi connectivity index (χ0) is 22.0. The van der Waals surface area contributed by atoms with Gasteiger partial charge in [0.2, 0.25) is 5.95 Å². The minimum absolute atomic E-state index is 0.00812. The number of nitrogens with one attached hydrogen (secondary N) is 2. The minimum Gasteiger partial charge on any atom is -0.394 e. The van der Waals surface area contributed by atoms with E-state index in [-0.39, 0.29) is 17.0 Å². The molecule has 0 amide bonds. The molecule has 4 atom stereocenters. The number of H-pyrrole nitrogens is 1. The summed E-state index contributed by atoms with van der Waals surface area (Å²) >= 11 is 0. The fraction of sp³-hybridized carbons (Fsp3) is 0.400. The standard InChI is InChI=1S/C20H23N5O6/c26-9-12-15(27)16(28)19(31-12)25-10-22-13-14(25)18(30)24-20(23-17(13)29)21-8-4-7-11-5-2-1-3-6-11/h1-3,5-6,10,12,15-16,19,26-28H,4,7-9H2,(H2,21,23,24,29,30)/t12-,15-,16-,19?/m1/s1. The summed E-state index contributed by atoms with van der Waals surface area (Å²) < 4.78 is 6.61. The Morgan fingerprint density at radius 3 is 2.65 bits per heavy atom. The highest BCUT2D eigenvalue weighted by molar-refractivity contribution is 5.73. The number of benzene rings is 1. The fourth-order valence-electron chi connectivity index (χ4n) is 3.62. The van der Waals surface area contributed by atoms with Crippen LogP contribution in [0, 0.1) is 0 Å². The summed E-state index contributed by atoms with van der Waals surface area (Å²) in [6, 6.07) is 9.91. The van der Waals surface area contributed by atoms with Gasteiger partial charge in [-0.25, -0.2) is 4.98 Å². The highest BCUT2D eigenvalue weighted by Gasteiger charge is 2.44. The van der Waals surface area contributed by atoms with E-state index >= 15 is 0 Å². The average molecular weight is 429 g/mol. The monoisotopic (exact) mass is 429 g/mol. The van der Waals surface area contributed by atoms with Gasteiger partial charge in [0.15, 0.2) is 11.7 Å². The summed E-state index contributed by atoms with van der Waals surface area (Å²) in [5, 5.41) is 32.5. The summed E-state index contributed by atoms with van der Waals surface area (Å²) in [7, 11) is 0. The molecular formula is C20H23N5O6. The molecule has 1 fully saturated rings. The smallest absolute Gasteiger partial charge is 0.301 e. The first-order valence-electron chi connectivity index (χ1n) is 9.91. The second kappa shape index (κ2) is 8.94. The van der Waals surface area contributed by atoms with Gasteiger partial charge in [0.1, 0.15) is 23.8 Å². The summed E-state index contributed by atoms with van der Waals surface area (Å²) in [6.07, 6.45) is -2.25. The maximum absolute atomic E-state index is 12.8. The van der Waals surface area contributed by atoms with Gasteiger partial charge in [-0.3, -0.25) is 19.1 Å². The third-order valence-corrected chi connectivity index (χ3v) is 5.23. The zero-order valence-electron chi connectivity index (χ0n) is 16.5. The molecule has 5 N–H and O–H groups in total. The number of aryl methyl sites for hydroxylation is 1. The predicted molar refractivity (Wildman–Crippen MR) is 111 cm³/mol. The van der Waals surface area contributed by atoms with E-state index in [1.165, 1.54) is 10.1 Å². The Kier molecular flexibility index (Phi) is 6.09. The summed E-state index contributed by atoms with van der Waals surface area (Å²) in [5.74, 6) is 0.00812. The maximum Gasteiger partial charge on any atom is 0.301 e. The van der Waals surface area contributed by atoms with Crippen molar-refractivity contribution in [3.05, 3.63) is 62.9 Å². The van der Waals surface area contributed by atoms with Crippen molar-refractivity contribution >= 4 is 17.0 Å². The molecule has 1 saturated heterocycles. The number of aliphatic hydroxyl groups is 3. The first-order chi connectivity index (χ1) is 15.0. The van der Waals surface area contributed by atoms with Gasteiger partial charge in [-0.1, -0.05) is 30.3 Å². The fourth-order valence-corrected chi connectivity index (χ4v) is 3.62. The maximum atomic E-state index is 12.8.